The Morgan fingerprint density at radius 3 is 2.55 bits per heavy atom. The van der Waals surface area contributed by atoms with Crippen molar-refractivity contribution < 1.29 is 9.18 Å². The standard InChI is InChI=1S/C21H25FN6O/c1-13-14(2)26-19(27-18(13)23-10-9-15-11-24-25-12-15)20(29)28-21(3,4)16-5-7-17(22)8-6-16/h5-8,11-12H,9-10H2,1-4H3,(H,24,25)(H,28,29)(H,23,26,27). The van der Waals surface area contributed by atoms with E-state index in [9.17, 15) is 9.18 Å². The largest absolute Gasteiger partial charge is 0.369 e. The first-order chi connectivity index (χ1) is 13.8. The van der Waals surface area contributed by atoms with Gasteiger partial charge < -0.3 is 10.6 Å². The Hall–Kier alpha value is -3.29. The molecule has 0 unspecified atom stereocenters. The van der Waals surface area contributed by atoms with Crippen molar-refractivity contribution in [1.29, 1.82) is 0 Å². The number of halogens is 1. The number of amides is 1. The van der Waals surface area contributed by atoms with Gasteiger partial charge in [-0.3, -0.25) is 9.89 Å². The Balaban J connectivity index is 1.74. The maximum Gasteiger partial charge on any atom is 0.289 e. The minimum atomic E-state index is -0.707. The Morgan fingerprint density at radius 2 is 1.90 bits per heavy atom. The number of rotatable bonds is 7. The summed E-state index contributed by atoms with van der Waals surface area (Å²) < 4.78 is 13.2. The van der Waals surface area contributed by atoms with Crippen LogP contribution < -0.4 is 10.6 Å². The number of aromatic amines is 1. The highest BCUT2D eigenvalue weighted by molar-refractivity contribution is 5.91. The fraction of sp³-hybridized carbons (Fsp3) is 0.333. The van der Waals surface area contributed by atoms with Gasteiger partial charge in [0.25, 0.3) is 5.91 Å². The number of nitrogens with zero attached hydrogens (tertiary/aromatic N) is 3. The molecule has 1 amide bonds. The van der Waals surface area contributed by atoms with E-state index in [4.69, 9.17) is 0 Å². The first kappa shape index (κ1) is 20.4. The van der Waals surface area contributed by atoms with Crippen molar-refractivity contribution in [2.45, 2.75) is 39.7 Å². The van der Waals surface area contributed by atoms with Gasteiger partial charge in [0.05, 0.1) is 11.7 Å². The second-order valence-corrected chi connectivity index (χ2v) is 7.48. The minimum Gasteiger partial charge on any atom is -0.369 e. The molecule has 7 nitrogen and oxygen atoms in total. The van der Waals surface area contributed by atoms with E-state index in [0.29, 0.717) is 12.4 Å². The van der Waals surface area contributed by atoms with Crippen LogP contribution in [0.15, 0.2) is 36.7 Å². The molecule has 0 saturated heterocycles. The molecule has 0 aliphatic carbocycles. The molecule has 0 bridgehead atoms. The third-order valence-corrected chi connectivity index (χ3v) is 4.85. The molecule has 3 aromatic rings. The molecular formula is C21H25FN6O. The van der Waals surface area contributed by atoms with E-state index in [0.717, 1.165) is 28.8 Å². The van der Waals surface area contributed by atoms with Crippen molar-refractivity contribution in [2.75, 3.05) is 11.9 Å². The zero-order valence-corrected chi connectivity index (χ0v) is 17.0. The summed E-state index contributed by atoms with van der Waals surface area (Å²) in [5.74, 6) is 0.0136. The van der Waals surface area contributed by atoms with Crippen LogP contribution >= 0.6 is 0 Å². The molecule has 3 N–H and O–H groups in total. The number of hydrogen-bond acceptors (Lipinski definition) is 5. The highest BCUT2D eigenvalue weighted by atomic mass is 19.1. The van der Waals surface area contributed by atoms with Crippen LogP contribution in [0.4, 0.5) is 10.2 Å². The number of aromatic nitrogens is 4. The number of H-pyrrole nitrogens is 1. The van der Waals surface area contributed by atoms with E-state index in [1.807, 2.05) is 33.9 Å². The van der Waals surface area contributed by atoms with E-state index >= 15 is 0 Å². The third kappa shape index (κ3) is 4.96. The first-order valence-electron chi connectivity index (χ1n) is 9.41. The van der Waals surface area contributed by atoms with Gasteiger partial charge in [-0.2, -0.15) is 5.10 Å². The Kier molecular flexibility index (Phi) is 5.91. The smallest absolute Gasteiger partial charge is 0.289 e. The number of hydrogen-bond donors (Lipinski definition) is 3. The number of carbonyl (C=O) groups is 1. The van der Waals surface area contributed by atoms with Gasteiger partial charge >= 0.3 is 0 Å². The van der Waals surface area contributed by atoms with Crippen LogP contribution in [0.1, 0.15) is 46.9 Å². The molecule has 152 valence electrons. The summed E-state index contributed by atoms with van der Waals surface area (Å²) in [4.78, 5) is 21.6. The lowest BCUT2D eigenvalue weighted by atomic mass is 9.94. The average molecular weight is 396 g/mol. The van der Waals surface area contributed by atoms with E-state index < -0.39 is 5.54 Å². The summed E-state index contributed by atoms with van der Waals surface area (Å²) in [6, 6.07) is 6.05. The summed E-state index contributed by atoms with van der Waals surface area (Å²) in [5.41, 5.74) is 2.79. The number of aryl methyl sites for hydroxylation is 1. The molecule has 0 saturated carbocycles. The molecule has 29 heavy (non-hydrogen) atoms. The van der Waals surface area contributed by atoms with Gasteiger partial charge in [-0.15, -0.1) is 0 Å². The van der Waals surface area contributed by atoms with Crippen LogP contribution in [-0.4, -0.2) is 32.6 Å². The average Bonchev–Trinajstić information content (AvgIpc) is 3.18. The predicted molar refractivity (Wildman–Crippen MR) is 109 cm³/mol. The predicted octanol–water partition coefficient (Wildman–Crippen LogP) is 3.28. The topological polar surface area (TPSA) is 95.6 Å². The van der Waals surface area contributed by atoms with E-state index in [2.05, 4.69) is 30.8 Å². The molecule has 1 aromatic carbocycles. The molecule has 0 aliphatic rings. The number of carbonyl (C=O) groups excluding carboxylic acids is 1. The zero-order chi connectivity index (χ0) is 21.0. The highest BCUT2D eigenvalue weighted by Gasteiger charge is 2.25. The van der Waals surface area contributed by atoms with Gasteiger partial charge in [-0.05, 0) is 57.4 Å². The van der Waals surface area contributed by atoms with Gasteiger partial charge in [0, 0.05) is 24.0 Å². The molecule has 2 aromatic heterocycles. The van der Waals surface area contributed by atoms with Crippen LogP contribution in [0.25, 0.3) is 0 Å². The van der Waals surface area contributed by atoms with Gasteiger partial charge in [-0.1, -0.05) is 12.1 Å². The van der Waals surface area contributed by atoms with E-state index in [1.54, 1.807) is 18.3 Å². The molecule has 0 radical (unpaired) electrons. The number of nitrogens with one attached hydrogen (secondary N) is 3. The van der Waals surface area contributed by atoms with Gasteiger partial charge in [0.1, 0.15) is 11.6 Å². The monoisotopic (exact) mass is 396 g/mol. The quantitative estimate of drug-likeness (QED) is 0.570. The summed E-state index contributed by atoms with van der Waals surface area (Å²) in [7, 11) is 0. The van der Waals surface area contributed by atoms with Crippen molar-refractivity contribution in [1.82, 2.24) is 25.5 Å². The highest BCUT2D eigenvalue weighted by Crippen LogP contribution is 2.21. The normalized spacial score (nSPS) is 11.3. The Bertz CT molecular complexity index is 983. The molecule has 0 atom stereocenters. The van der Waals surface area contributed by atoms with Gasteiger partial charge in [-0.25, -0.2) is 14.4 Å². The first-order valence-corrected chi connectivity index (χ1v) is 9.41. The van der Waals surface area contributed by atoms with Crippen LogP contribution in [0.5, 0.6) is 0 Å². The van der Waals surface area contributed by atoms with Crippen molar-refractivity contribution in [3.63, 3.8) is 0 Å². The van der Waals surface area contributed by atoms with Crippen LogP contribution in [-0.2, 0) is 12.0 Å². The fourth-order valence-electron chi connectivity index (χ4n) is 2.92. The van der Waals surface area contributed by atoms with Crippen LogP contribution in [0.3, 0.4) is 0 Å². The lowest BCUT2D eigenvalue weighted by molar-refractivity contribution is 0.0901. The second kappa shape index (κ2) is 8.38. The Morgan fingerprint density at radius 1 is 1.17 bits per heavy atom. The summed E-state index contributed by atoms with van der Waals surface area (Å²) >= 11 is 0. The molecule has 0 aliphatic heterocycles. The third-order valence-electron chi connectivity index (χ3n) is 4.85. The zero-order valence-electron chi connectivity index (χ0n) is 17.0. The molecule has 2 heterocycles. The van der Waals surface area contributed by atoms with Gasteiger partial charge in [0.15, 0.2) is 0 Å². The molecule has 0 spiro atoms. The van der Waals surface area contributed by atoms with Crippen molar-refractivity contribution in [2.24, 2.45) is 0 Å². The molecule has 3 rings (SSSR count). The summed E-state index contributed by atoms with van der Waals surface area (Å²) in [5, 5.41) is 12.9. The lowest BCUT2D eigenvalue weighted by Crippen LogP contribution is -2.41. The minimum absolute atomic E-state index is 0.0918. The van der Waals surface area contributed by atoms with Crippen molar-refractivity contribution in [3.05, 3.63) is 70.7 Å². The van der Waals surface area contributed by atoms with Crippen molar-refractivity contribution in [3.8, 4) is 0 Å². The lowest BCUT2D eigenvalue weighted by Gasteiger charge is -2.26. The van der Waals surface area contributed by atoms with E-state index in [-0.39, 0.29) is 17.5 Å². The van der Waals surface area contributed by atoms with Gasteiger partial charge in [0.2, 0.25) is 5.82 Å². The number of benzene rings is 1. The maximum atomic E-state index is 13.2. The summed E-state index contributed by atoms with van der Waals surface area (Å²) in [6.45, 7) is 8.12. The molecule has 0 fully saturated rings. The van der Waals surface area contributed by atoms with E-state index in [1.165, 1.54) is 12.1 Å². The molecule has 8 heteroatoms. The van der Waals surface area contributed by atoms with Crippen molar-refractivity contribution >= 4 is 11.7 Å². The van der Waals surface area contributed by atoms with Crippen LogP contribution in [0, 0.1) is 19.7 Å². The second-order valence-electron chi connectivity index (χ2n) is 7.48. The maximum absolute atomic E-state index is 13.2. The van der Waals surface area contributed by atoms with Crippen LogP contribution in [0.2, 0.25) is 0 Å². The summed E-state index contributed by atoms with van der Waals surface area (Å²) in [6.07, 6.45) is 4.39. The molecular weight excluding hydrogens is 371 g/mol. The Labute approximate surface area is 169 Å². The fourth-order valence-corrected chi connectivity index (χ4v) is 2.92. The number of anilines is 1. The SMILES string of the molecule is Cc1nc(C(=O)NC(C)(C)c2ccc(F)cc2)nc(NCCc2cn[nH]c2)c1C.